The number of rotatable bonds is 4. The first-order chi connectivity index (χ1) is 7.90. The molecule has 3 heteroatoms. The first-order valence-corrected chi connectivity index (χ1v) is 6.21. The maximum absolute atomic E-state index is 11.0. The molecule has 0 heterocycles. The zero-order valence-corrected chi connectivity index (χ0v) is 11.2. The third-order valence-corrected chi connectivity index (χ3v) is 3.01. The van der Waals surface area contributed by atoms with Crippen LogP contribution in [0.4, 0.5) is 0 Å². The molecular formula is C14H21BO2. The third kappa shape index (κ3) is 3.35. The molecule has 0 aliphatic carbocycles. The molecule has 0 aromatic heterocycles. The van der Waals surface area contributed by atoms with Crippen molar-refractivity contribution in [2.24, 2.45) is 0 Å². The Bertz CT molecular complexity index is 405. The second-order valence-corrected chi connectivity index (χ2v) is 5.54. The van der Waals surface area contributed by atoms with E-state index in [4.69, 9.17) is 0 Å². The highest BCUT2D eigenvalue weighted by molar-refractivity contribution is 6.08. The van der Waals surface area contributed by atoms with Gasteiger partial charge in [0.05, 0.1) is 5.56 Å². The third-order valence-electron chi connectivity index (χ3n) is 3.01. The second-order valence-electron chi connectivity index (χ2n) is 5.54. The monoisotopic (exact) mass is 232 g/mol. The summed E-state index contributed by atoms with van der Waals surface area (Å²) >= 11 is 0. The Kier molecular flexibility index (Phi) is 4.38. The SMILES string of the molecule is BCCCc1cc(C(C)(C)C)cc(C=O)c1O. The molecule has 0 fully saturated rings. The molecular weight excluding hydrogens is 211 g/mol. The summed E-state index contributed by atoms with van der Waals surface area (Å²) in [5, 5.41) is 9.97. The molecule has 1 N–H and O–H groups in total. The van der Waals surface area contributed by atoms with Crippen LogP contribution in [0.2, 0.25) is 6.32 Å². The van der Waals surface area contributed by atoms with Crippen molar-refractivity contribution in [2.45, 2.75) is 45.3 Å². The second kappa shape index (κ2) is 5.39. The van der Waals surface area contributed by atoms with Gasteiger partial charge in [-0.05, 0) is 29.0 Å². The molecule has 2 nitrogen and oxygen atoms in total. The summed E-state index contributed by atoms with van der Waals surface area (Å²) in [6.07, 6.45) is 3.67. The zero-order valence-electron chi connectivity index (χ0n) is 11.2. The Morgan fingerprint density at radius 1 is 1.35 bits per heavy atom. The lowest BCUT2D eigenvalue weighted by Gasteiger charge is -2.21. The van der Waals surface area contributed by atoms with Crippen LogP contribution in [0.5, 0.6) is 5.75 Å². The van der Waals surface area contributed by atoms with E-state index in [1.54, 1.807) is 6.07 Å². The summed E-state index contributed by atoms with van der Waals surface area (Å²) in [4.78, 5) is 11.0. The summed E-state index contributed by atoms with van der Waals surface area (Å²) in [6.45, 7) is 6.33. The summed E-state index contributed by atoms with van der Waals surface area (Å²) < 4.78 is 0. The van der Waals surface area contributed by atoms with Crippen LogP contribution >= 0.6 is 0 Å². The predicted octanol–water partition coefficient (Wildman–Crippen LogP) is 2.49. The van der Waals surface area contributed by atoms with Gasteiger partial charge in [-0.25, -0.2) is 0 Å². The van der Waals surface area contributed by atoms with E-state index in [0.29, 0.717) is 5.56 Å². The van der Waals surface area contributed by atoms with Crippen molar-refractivity contribution in [1.82, 2.24) is 0 Å². The molecule has 0 atom stereocenters. The Labute approximate surface area is 104 Å². The van der Waals surface area contributed by atoms with Crippen molar-refractivity contribution in [3.63, 3.8) is 0 Å². The van der Waals surface area contributed by atoms with Gasteiger partial charge in [0.15, 0.2) is 6.29 Å². The molecule has 0 aliphatic heterocycles. The molecule has 1 aromatic rings. The number of carbonyl (C=O) groups is 1. The van der Waals surface area contributed by atoms with E-state index in [1.165, 1.54) is 0 Å². The topological polar surface area (TPSA) is 37.3 Å². The van der Waals surface area contributed by atoms with Crippen molar-refractivity contribution in [3.8, 4) is 5.75 Å². The first kappa shape index (κ1) is 13.8. The minimum Gasteiger partial charge on any atom is -0.507 e. The highest BCUT2D eigenvalue weighted by atomic mass is 16.3. The molecule has 1 aromatic carbocycles. The Morgan fingerprint density at radius 3 is 2.47 bits per heavy atom. The number of carbonyl (C=O) groups excluding carboxylic acids is 1. The van der Waals surface area contributed by atoms with Gasteiger partial charge in [0.25, 0.3) is 0 Å². The quantitative estimate of drug-likeness (QED) is 0.639. The number of aldehydes is 1. The van der Waals surface area contributed by atoms with E-state index in [9.17, 15) is 9.90 Å². The van der Waals surface area contributed by atoms with Gasteiger partial charge in [-0.2, -0.15) is 0 Å². The number of phenols is 1. The van der Waals surface area contributed by atoms with Crippen LogP contribution in [0.25, 0.3) is 0 Å². The van der Waals surface area contributed by atoms with Crippen molar-refractivity contribution in [2.75, 3.05) is 0 Å². The first-order valence-electron chi connectivity index (χ1n) is 6.21. The smallest absolute Gasteiger partial charge is 0.153 e. The fraction of sp³-hybridized carbons (Fsp3) is 0.500. The Morgan fingerprint density at radius 2 is 2.00 bits per heavy atom. The van der Waals surface area contributed by atoms with Crippen molar-refractivity contribution < 1.29 is 9.90 Å². The van der Waals surface area contributed by atoms with Gasteiger partial charge in [0.1, 0.15) is 13.6 Å². The molecule has 0 saturated heterocycles. The molecule has 0 spiro atoms. The molecule has 0 amide bonds. The maximum Gasteiger partial charge on any atom is 0.153 e. The van der Waals surface area contributed by atoms with Gasteiger partial charge < -0.3 is 5.11 Å². The fourth-order valence-corrected chi connectivity index (χ4v) is 1.80. The van der Waals surface area contributed by atoms with Crippen LogP contribution < -0.4 is 0 Å². The largest absolute Gasteiger partial charge is 0.507 e. The number of aryl methyl sites for hydroxylation is 1. The summed E-state index contributed by atoms with van der Waals surface area (Å²) in [5.41, 5.74) is 2.39. The van der Waals surface area contributed by atoms with Gasteiger partial charge in [0.2, 0.25) is 0 Å². The van der Waals surface area contributed by atoms with E-state index in [1.807, 2.05) is 6.07 Å². The lowest BCUT2D eigenvalue weighted by molar-refractivity contribution is 0.112. The van der Waals surface area contributed by atoms with Crippen LogP contribution in [-0.2, 0) is 11.8 Å². The van der Waals surface area contributed by atoms with Gasteiger partial charge >= 0.3 is 0 Å². The summed E-state index contributed by atoms with van der Waals surface area (Å²) in [7, 11) is 2.12. The highest BCUT2D eigenvalue weighted by Crippen LogP contribution is 2.31. The molecule has 92 valence electrons. The number of phenolic OH excluding ortho intramolecular Hbond substituents is 1. The number of hydrogen-bond donors (Lipinski definition) is 1. The normalized spacial score (nSPS) is 11.5. The minimum atomic E-state index is -0.00752. The minimum absolute atomic E-state index is 0.00752. The molecule has 0 unspecified atom stereocenters. The fourth-order valence-electron chi connectivity index (χ4n) is 1.80. The standard InChI is InChI=1S/C14H21BO2/c1-14(2,3)12-7-10(5-4-6-15)13(17)11(8-12)9-16/h7-9,17H,4-6,15H2,1-3H3. The predicted molar refractivity (Wildman–Crippen MR) is 73.9 cm³/mol. The molecule has 17 heavy (non-hydrogen) atoms. The van der Waals surface area contributed by atoms with Crippen LogP contribution in [0.1, 0.15) is 48.7 Å². The zero-order chi connectivity index (χ0) is 13.1. The lowest BCUT2D eigenvalue weighted by Crippen LogP contribution is -2.12. The Balaban J connectivity index is 3.23. The van der Waals surface area contributed by atoms with Crippen LogP contribution in [0.15, 0.2) is 12.1 Å². The summed E-state index contributed by atoms with van der Waals surface area (Å²) in [6, 6.07) is 3.82. The molecule has 0 saturated carbocycles. The van der Waals surface area contributed by atoms with E-state index in [-0.39, 0.29) is 11.2 Å². The molecule has 1 rings (SSSR count). The molecule has 0 radical (unpaired) electrons. The highest BCUT2D eigenvalue weighted by Gasteiger charge is 2.18. The lowest BCUT2D eigenvalue weighted by atomic mass is 9.84. The van der Waals surface area contributed by atoms with Crippen molar-refractivity contribution in [3.05, 3.63) is 28.8 Å². The van der Waals surface area contributed by atoms with Crippen LogP contribution in [-0.4, -0.2) is 19.2 Å². The average Bonchev–Trinajstić information content (AvgIpc) is 2.26. The number of benzene rings is 1. The molecule has 0 bridgehead atoms. The van der Waals surface area contributed by atoms with Gasteiger partial charge in [-0.1, -0.05) is 39.6 Å². The van der Waals surface area contributed by atoms with E-state index in [0.717, 1.165) is 36.6 Å². The number of aromatic hydroxyl groups is 1. The Hall–Kier alpha value is -1.25. The van der Waals surface area contributed by atoms with Crippen LogP contribution in [0, 0.1) is 0 Å². The average molecular weight is 232 g/mol. The van der Waals surface area contributed by atoms with Crippen LogP contribution in [0.3, 0.4) is 0 Å². The van der Waals surface area contributed by atoms with Gasteiger partial charge in [-0.15, -0.1) is 0 Å². The van der Waals surface area contributed by atoms with Gasteiger partial charge in [-0.3, -0.25) is 4.79 Å². The van der Waals surface area contributed by atoms with E-state index in [2.05, 4.69) is 28.6 Å². The maximum atomic E-state index is 11.0. The van der Waals surface area contributed by atoms with Gasteiger partial charge in [0, 0.05) is 0 Å². The number of hydrogen-bond acceptors (Lipinski definition) is 2. The van der Waals surface area contributed by atoms with E-state index < -0.39 is 0 Å². The van der Waals surface area contributed by atoms with Crippen molar-refractivity contribution >= 4 is 14.1 Å². The van der Waals surface area contributed by atoms with Crippen molar-refractivity contribution in [1.29, 1.82) is 0 Å². The summed E-state index contributed by atoms with van der Waals surface area (Å²) in [5.74, 6) is 0.154. The molecule has 0 aliphatic rings. The van der Waals surface area contributed by atoms with E-state index >= 15 is 0 Å².